The van der Waals surface area contributed by atoms with Gasteiger partial charge in [-0.3, -0.25) is 9.78 Å². The van der Waals surface area contributed by atoms with Crippen molar-refractivity contribution in [2.75, 3.05) is 0 Å². The molecular weight excluding hydrogens is 309 g/mol. The number of nitrogens with two attached hydrogens (primary N) is 1. The molecule has 0 bridgehead atoms. The van der Waals surface area contributed by atoms with Crippen LogP contribution in [0.2, 0.25) is 0 Å². The highest BCUT2D eigenvalue weighted by molar-refractivity contribution is 6.48. The number of rotatable bonds is 2. The van der Waals surface area contributed by atoms with Gasteiger partial charge in [-0.05, 0) is 31.5 Å². The molecular formula is C15H15Cl2N3O. The lowest BCUT2D eigenvalue weighted by molar-refractivity contribution is 0.0999. The molecule has 21 heavy (non-hydrogen) atoms. The van der Waals surface area contributed by atoms with E-state index in [1.54, 1.807) is 6.20 Å². The molecule has 6 heteroatoms. The number of pyridine rings is 1. The predicted octanol–water partition coefficient (Wildman–Crippen LogP) is 3.08. The topological polar surface area (TPSA) is 60.9 Å². The van der Waals surface area contributed by atoms with Crippen LogP contribution < -0.4 is 5.73 Å². The number of halogens is 2. The van der Waals surface area contributed by atoms with Crippen LogP contribution in [0, 0.1) is 6.92 Å². The molecule has 0 unspecified atom stereocenters. The van der Waals surface area contributed by atoms with Gasteiger partial charge in [0.2, 0.25) is 0 Å². The van der Waals surface area contributed by atoms with Gasteiger partial charge in [0.25, 0.3) is 5.91 Å². The first kappa shape index (κ1) is 14.4. The molecule has 0 spiro atoms. The summed E-state index contributed by atoms with van der Waals surface area (Å²) in [7, 11) is 0. The second kappa shape index (κ2) is 5.04. The Morgan fingerprint density at radius 3 is 2.90 bits per heavy atom. The number of alkyl halides is 2. The minimum absolute atomic E-state index is 0.410. The van der Waals surface area contributed by atoms with Crippen molar-refractivity contribution in [2.24, 2.45) is 5.73 Å². The fraction of sp³-hybridized carbons (Fsp3) is 0.333. The quantitative estimate of drug-likeness (QED) is 0.863. The van der Waals surface area contributed by atoms with Gasteiger partial charge in [0.15, 0.2) is 0 Å². The Morgan fingerprint density at radius 2 is 2.24 bits per heavy atom. The van der Waals surface area contributed by atoms with E-state index in [0.29, 0.717) is 24.9 Å². The third kappa shape index (κ3) is 2.54. The molecule has 0 radical (unpaired) electrons. The van der Waals surface area contributed by atoms with Crippen molar-refractivity contribution in [3.05, 3.63) is 41.3 Å². The molecule has 0 fully saturated rings. The van der Waals surface area contributed by atoms with Gasteiger partial charge in [0.05, 0.1) is 11.3 Å². The number of carbonyl (C=O) groups excluding carboxylic acids is 1. The molecule has 1 amide bonds. The number of carbonyl (C=O) groups is 1. The highest BCUT2D eigenvalue weighted by Crippen LogP contribution is 2.39. The van der Waals surface area contributed by atoms with Gasteiger partial charge in [-0.25, -0.2) is 0 Å². The van der Waals surface area contributed by atoms with Crippen molar-refractivity contribution in [3.63, 3.8) is 0 Å². The fourth-order valence-corrected chi connectivity index (χ4v) is 3.26. The van der Waals surface area contributed by atoms with Crippen LogP contribution in [0.3, 0.4) is 0 Å². The van der Waals surface area contributed by atoms with E-state index >= 15 is 0 Å². The molecule has 0 atom stereocenters. The Balaban J connectivity index is 2.21. The van der Waals surface area contributed by atoms with Gasteiger partial charge in [-0.2, -0.15) is 0 Å². The summed E-state index contributed by atoms with van der Waals surface area (Å²) in [6.07, 6.45) is 2.78. The zero-order valence-corrected chi connectivity index (χ0v) is 13.1. The maximum atomic E-state index is 11.7. The van der Waals surface area contributed by atoms with Crippen molar-refractivity contribution in [1.29, 1.82) is 0 Å². The Bertz CT molecular complexity index is 722. The van der Waals surface area contributed by atoms with E-state index < -0.39 is 10.2 Å². The van der Waals surface area contributed by atoms with Crippen LogP contribution in [0.1, 0.15) is 28.2 Å². The molecule has 0 saturated heterocycles. The van der Waals surface area contributed by atoms with Crippen LogP contribution in [0.25, 0.3) is 11.3 Å². The van der Waals surface area contributed by atoms with Crippen molar-refractivity contribution < 1.29 is 4.79 Å². The lowest BCUT2D eigenvalue weighted by atomic mass is 10.1. The third-order valence-electron chi connectivity index (χ3n) is 3.88. The van der Waals surface area contributed by atoms with Crippen LogP contribution in [0.15, 0.2) is 24.4 Å². The fourth-order valence-electron chi connectivity index (χ4n) is 2.84. The molecule has 3 heterocycles. The van der Waals surface area contributed by atoms with E-state index in [1.165, 1.54) is 0 Å². The number of fused-ring (bicyclic) bond motifs is 1. The summed E-state index contributed by atoms with van der Waals surface area (Å²) in [5, 5.41) is 0. The Labute approximate surface area is 132 Å². The van der Waals surface area contributed by atoms with Gasteiger partial charge in [-0.15, -0.1) is 23.2 Å². The lowest BCUT2D eigenvalue weighted by Crippen LogP contribution is -2.29. The van der Waals surface area contributed by atoms with Crippen molar-refractivity contribution in [1.82, 2.24) is 9.55 Å². The summed E-state index contributed by atoms with van der Waals surface area (Å²) in [6, 6.07) is 5.68. The predicted molar refractivity (Wildman–Crippen MR) is 83.7 cm³/mol. The number of nitrogens with zero attached hydrogens (tertiary/aromatic N) is 2. The second-order valence-electron chi connectivity index (χ2n) is 5.32. The van der Waals surface area contributed by atoms with Crippen LogP contribution >= 0.6 is 23.2 Å². The van der Waals surface area contributed by atoms with E-state index in [2.05, 4.69) is 9.55 Å². The van der Waals surface area contributed by atoms with Gasteiger partial charge in [0.1, 0.15) is 4.33 Å². The molecule has 2 aromatic rings. The Kier molecular flexibility index (Phi) is 3.46. The first-order valence-corrected chi connectivity index (χ1v) is 7.47. The number of aromatic nitrogens is 2. The van der Waals surface area contributed by atoms with Gasteiger partial charge in [0, 0.05) is 36.1 Å². The largest absolute Gasteiger partial charge is 0.366 e. The molecule has 4 nitrogen and oxygen atoms in total. The summed E-state index contributed by atoms with van der Waals surface area (Å²) < 4.78 is 1.23. The average Bonchev–Trinajstić information content (AvgIpc) is 2.76. The van der Waals surface area contributed by atoms with E-state index in [-0.39, 0.29) is 0 Å². The smallest absolute Gasteiger partial charge is 0.250 e. The molecule has 0 aromatic carbocycles. The number of primary amides is 1. The molecule has 0 aliphatic carbocycles. The van der Waals surface area contributed by atoms with Crippen molar-refractivity contribution >= 4 is 29.1 Å². The highest BCUT2D eigenvalue weighted by Gasteiger charge is 2.34. The lowest BCUT2D eigenvalue weighted by Gasteiger charge is -2.28. The highest BCUT2D eigenvalue weighted by atomic mass is 35.5. The summed E-state index contributed by atoms with van der Waals surface area (Å²) >= 11 is 12.5. The molecule has 1 aliphatic heterocycles. The molecule has 3 rings (SSSR count). The molecule has 1 aliphatic rings. The number of aryl methyl sites for hydroxylation is 1. The molecule has 2 aromatic heterocycles. The first-order chi connectivity index (χ1) is 9.89. The van der Waals surface area contributed by atoms with Gasteiger partial charge >= 0.3 is 0 Å². The van der Waals surface area contributed by atoms with Crippen LogP contribution in [0.5, 0.6) is 0 Å². The average molecular weight is 324 g/mol. The Morgan fingerprint density at radius 1 is 1.48 bits per heavy atom. The standard InChI is InChI=1S/C15H15Cl2N3O/c1-9-10(3-2-5-19-9)12-7-11(14(18)21)13-8-15(16,17)4-6-20(12)13/h2-3,5,7H,4,6,8H2,1H3,(H2,18,21). The van der Waals surface area contributed by atoms with Crippen LogP contribution in [-0.2, 0) is 13.0 Å². The van der Waals surface area contributed by atoms with E-state index in [4.69, 9.17) is 28.9 Å². The Hall–Kier alpha value is -1.52. The van der Waals surface area contributed by atoms with Crippen LogP contribution in [0.4, 0.5) is 0 Å². The first-order valence-electron chi connectivity index (χ1n) is 6.71. The molecule has 0 saturated carbocycles. The van der Waals surface area contributed by atoms with E-state index in [9.17, 15) is 4.79 Å². The summed E-state index contributed by atoms with van der Waals surface area (Å²) in [5.41, 5.74) is 9.62. The minimum atomic E-state index is -0.847. The monoisotopic (exact) mass is 323 g/mol. The minimum Gasteiger partial charge on any atom is -0.366 e. The second-order valence-corrected chi connectivity index (χ2v) is 6.97. The van der Waals surface area contributed by atoms with Gasteiger partial charge < -0.3 is 10.3 Å². The van der Waals surface area contributed by atoms with E-state index in [0.717, 1.165) is 22.6 Å². The zero-order valence-electron chi connectivity index (χ0n) is 11.6. The number of amides is 1. The normalized spacial score (nSPS) is 16.5. The third-order valence-corrected chi connectivity index (χ3v) is 4.53. The zero-order chi connectivity index (χ0) is 15.2. The van der Waals surface area contributed by atoms with E-state index in [1.807, 2.05) is 25.1 Å². The maximum Gasteiger partial charge on any atom is 0.250 e. The summed E-state index contributed by atoms with van der Waals surface area (Å²) in [4.78, 5) is 16.0. The van der Waals surface area contributed by atoms with Crippen molar-refractivity contribution in [3.8, 4) is 11.3 Å². The number of hydrogen-bond donors (Lipinski definition) is 1. The number of hydrogen-bond acceptors (Lipinski definition) is 2. The molecule has 2 N–H and O–H groups in total. The van der Waals surface area contributed by atoms with Crippen LogP contribution in [-0.4, -0.2) is 19.8 Å². The maximum absolute atomic E-state index is 11.7. The summed E-state index contributed by atoms with van der Waals surface area (Å²) in [5.74, 6) is -0.461. The molecule has 110 valence electrons. The SMILES string of the molecule is Cc1ncccc1-c1cc(C(N)=O)c2n1CCC(Cl)(Cl)C2. The van der Waals surface area contributed by atoms with Gasteiger partial charge in [-0.1, -0.05) is 0 Å². The summed E-state index contributed by atoms with van der Waals surface area (Å²) in [6.45, 7) is 2.59. The van der Waals surface area contributed by atoms with Crippen molar-refractivity contribution in [2.45, 2.75) is 30.6 Å².